The van der Waals surface area contributed by atoms with E-state index >= 15 is 0 Å². The van der Waals surface area contributed by atoms with E-state index in [1.807, 2.05) is 66.9 Å². The first-order valence-corrected chi connectivity index (χ1v) is 10.3. The zero-order valence-corrected chi connectivity index (χ0v) is 17.7. The number of aromatic nitrogens is 3. The van der Waals surface area contributed by atoms with Gasteiger partial charge < -0.3 is 9.72 Å². The van der Waals surface area contributed by atoms with E-state index in [0.717, 1.165) is 16.9 Å². The summed E-state index contributed by atoms with van der Waals surface area (Å²) in [5.74, 6) is 0.697. The monoisotopic (exact) mass is 427 g/mol. The molecule has 2 heterocycles. The van der Waals surface area contributed by atoms with Crippen molar-refractivity contribution < 1.29 is 4.74 Å². The second-order valence-corrected chi connectivity index (χ2v) is 8.17. The van der Waals surface area contributed by atoms with Crippen molar-refractivity contribution in [1.82, 2.24) is 14.1 Å². The van der Waals surface area contributed by atoms with Gasteiger partial charge in [-0.2, -0.15) is 0 Å². The molecule has 0 radical (unpaired) electrons. The molecule has 0 atom stereocenters. The number of ether oxygens (including phenoxy) is 1. The molecule has 5 nitrogen and oxygen atoms in total. The number of aryl methyl sites for hydroxylation is 1. The molecule has 142 valence electrons. The third-order valence-corrected chi connectivity index (χ3v) is 6.05. The van der Waals surface area contributed by atoms with Gasteiger partial charge in [-0.3, -0.25) is 13.9 Å². The van der Waals surface area contributed by atoms with Gasteiger partial charge in [0.05, 0.1) is 18.0 Å². The van der Waals surface area contributed by atoms with Crippen LogP contribution in [0.3, 0.4) is 0 Å². The number of rotatable bonds is 4. The predicted molar refractivity (Wildman–Crippen MR) is 119 cm³/mol. The number of thiazole rings is 1. The number of nitrogens with one attached hydrogen (secondary N) is 1. The molecule has 0 saturated heterocycles. The van der Waals surface area contributed by atoms with E-state index < -0.39 is 0 Å². The highest BCUT2D eigenvalue weighted by Crippen LogP contribution is 2.29. The van der Waals surface area contributed by atoms with Crippen LogP contribution in [0.1, 0.15) is 12.5 Å². The van der Waals surface area contributed by atoms with Crippen LogP contribution in [0, 0.1) is 15.6 Å². The van der Waals surface area contributed by atoms with Crippen LogP contribution in [-0.4, -0.2) is 20.7 Å². The highest BCUT2D eigenvalue weighted by atomic mass is 32.1. The number of benzene rings is 2. The highest BCUT2D eigenvalue weighted by molar-refractivity contribution is 7.73. The minimum absolute atomic E-state index is 0.184. The molecule has 2 aromatic heterocycles. The first kappa shape index (κ1) is 18.8. The van der Waals surface area contributed by atoms with Crippen LogP contribution in [0.5, 0.6) is 5.75 Å². The molecule has 0 aliphatic rings. The van der Waals surface area contributed by atoms with E-state index in [9.17, 15) is 4.79 Å². The second-order valence-electron chi connectivity index (χ2n) is 6.14. The Balaban J connectivity index is 2.06. The van der Waals surface area contributed by atoms with Gasteiger partial charge in [0.2, 0.25) is 0 Å². The third-order valence-electron chi connectivity index (χ3n) is 4.40. The maximum atomic E-state index is 13.3. The van der Waals surface area contributed by atoms with Crippen LogP contribution >= 0.6 is 35.8 Å². The largest absolute Gasteiger partial charge is 0.492 e. The van der Waals surface area contributed by atoms with Crippen LogP contribution < -0.4 is 10.3 Å². The SMILES string of the molecule is CCOc1ccccc1-n1c(=S)sc2c(=O)n(-c3ccccc3C)c(=S)[nH]c21. The number of para-hydroxylation sites is 3. The van der Waals surface area contributed by atoms with Crippen molar-refractivity contribution in [3.05, 3.63) is 73.2 Å². The summed E-state index contributed by atoms with van der Waals surface area (Å²) < 4.78 is 10.5. The summed E-state index contributed by atoms with van der Waals surface area (Å²) in [5, 5.41) is 0. The van der Waals surface area contributed by atoms with E-state index in [-0.39, 0.29) is 5.56 Å². The molecule has 4 aromatic rings. The average molecular weight is 428 g/mol. The molecule has 0 aliphatic carbocycles. The maximum absolute atomic E-state index is 13.3. The molecular formula is C20H17N3O2S3. The molecule has 8 heteroatoms. The standard InChI is InChI=1S/C20H17N3O2S3/c1-3-25-15-11-7-6-10-14(15)22-17-16(28-20(22)27)18(24)23(19(26)21-17)13-9-5-4-8-12(13)2/h4-11H,3H2,1-2H3,(H,21,26). The van der Waals surface area contributed by atoms with E-state index in [2.05, 4.69) is 4.98 Å². The van der Waals surface area contributed by atoms with E-state index in [4.69, 9.17) is 29.2 Å². The molecule has 0 fully saturated rings. The predicted octanol–water partition coefficient (Wildman–Crippen LogP) is 5.34. The number of nitrogens with zero attached hydrogens (tertiary/aromatic N) is 2. The summed E-state index contributed by atoms with van der Waals surface area (Å²) >= 11 is 12.4. The molecule has 4 rings (SSSR count). The number of aromatic amines is 1. The van der Waals surface area contributed by atoms with Crippen molar-refractivity contribution in [2.75, 3.05) is 6.61 Å². The highest BCUT2D eigenvalue weighted by Gasteiger charge is 2.17. The molecule has 0 aliphatic heterocycles. The van der Waals surface area contributed by atoms with Crippen molar-refractivity contribution in [2.45, 2.75) is 13.8 Å². The van der Waals surface area contributed by atoms with Crippen LogP contribution in [0.4, 0.5) is 0 Å². The summed E-state index contributed by atoms with van der Waals surface area (Å²) in [6.45, 7) is 4.41. The van der Waals surface area contributed by atoms with Crippen molar-refractivity contribution in [1.29, 1.82) is 0 Å². The number of H-pyrrole nitrogens is 1. The van der Waals surface area contributed by atoms with Gasteiger partial charge in [-0.1, -0.05) is 41.7 Å². The summed E-state index contributed by atoms with van der Waals surface area (Å²) in [4.78, 5) is 16.5. The Morgan fingerprint density at radius 2 is 1.71 bits per heavy atom. The van der Waals surface area contributed by atoms with Gasteiger partial charge in [0.15, 0.2) is 8.73 Å². The molecule has 28 heavy (non-hydrogen) atoms. The van der Waals surface area contributed by atoms with Crippen LogP contribution in [0.25, 0.3) is 21.7 Å². The van der Waals surface area contributed by atoms with E-state index in [1.54, 1.807) is 0 Å². The molecule has 0 spiro atoms. The Kier molecular flexibility index (Phi) is 5.01. The lowest BCUT2D eigenvalue weighted by molar-refractivity contribution is 0.339. The Morgan fingerprint density at radius 3 is 2.43 bits per heavy atom. The number of hydrogen-bond acceptors (Lipinski definition) is 5. The molecular weight excluding hydrogens is 410 g/mol. The third kappa shape index (κ3) is 3.03. The average Bonchev–Trinajstić information content (AvgIpc) is 3.00. The minimum atomic E-state index is -0.184. The molecule has 0 saturated carbocycles. The number of hydrogen-bond donors (Lipinski definition) is 1. The van der Waals surface area contributed by atoms with Crippen molar-refractivity contribution in [3.8, 4) is 17.1 Å². The summed E-state index contributed by atoms with van der Waals surface area (Å²) in [6, 6.07) is 15.3. The van der Waals surface area contributed by atoms with E-state index in [0.29, 0.717) is 31.4 Å². The lowest BCUT2D eigenvalue weighted by Gasteiger charge is -2.13. The molecule has 0 unspecified atom stereocenters. The number of fused-ring (bicyclic) bond motifs is 1. The van der Waals surface area contributed by atoms with Crippen molar-refractivity contribution in [2.24, 2.45) is 0 Å². The summed E-state index contributed by atoms with van der Waals surface area (Å²) in [7, 11) is 0. The Bertz CT molecular complexity index is 1360. The molecule has 0 amide bonds. The second kappa shape index (κ2) is 7.46. The van der Waals surface area contributed by atoms with Crippen LogP contribution in [0.15, 0.2) is 53.3 Å². The van der Waals surface area contributed by atoms with E-state index in [1.165, 1.54) is 15.9 Å². The van der Waals surface area contributed by atoms with Gasteiger partial charge in [0.25, 0.3) is 5.56 Å². The maximum Gasteiger partial charge on any atom is 0.278 e. The Morgan fingerprint density at radius 1 is 1.04 bits per heavy atom. The first-order chi connectivity index (χ1) is 13.5. The van der Waals surface area contributed by atoms with Gasteiger partial charge in [-0.15, -0.1) is 0 Å². The smallest absolute Gasteiger partial charge is 0.278 e. The summed E-state index contributed by atoms with van der Waals surface area (Å²) in [5.41, 5.74) is 2.91. The Hall–Kier alpha value is -2.55. The van der Waals surface area contributed by atoms with Crippen molar-refractivity contribution in [3.63, 3.8) is 0 Å². The van der Waals surface area contributed by atoms with Gasteiger partial charge in [-0.25, -0.2) is 0 Å². The zero-order chi connectivity index (χ0) is 19.8. The lowest BCUT2D eigenvalue weighted by Crippen LogP contribution is -2.21. The van der Waals surface area contributed by atoms with Crippen LogP contribution in [-0.2, 0) is 0 Å². The van der Waals surface area contributed by atoms with Gasteiger partial charge in [0, 0.05) is 0 Å². The minimum Gasteiger partial charge on any atom is -0.492 e. The van der Waals surface area contributed by atoms with Gasteiger partial charge >= 0.3 is 0 Å². The summed E-state index contributed by atoms with van der Waals surface area (Å²) in [6.07, 6.45) is 0. The zero-order valence-electron chi connectivity index (χ0n) is 15.3. The van der Waals surface area contributed by atoms with Gasteiger partial charge in [-0.05, 0) is 62.0 Å². The quantitative estimate of drug-likeness (QED) is 0.447. The molecule has 1 N–H and O–H groups in total. The Labute approximate surface area is 175 Å². The van der Waals surface area contributed by atoms with Crippen molar-refractivity contribution >= 4 is 46.1 Å². The molecule has 0 bridgehead atoms. The fourth-order valence-corrected chi connectivity index (χ4v) is 4.74. The lowest BCUT2D eigenvalue weighted by atomic mass is 10.2. The topological polar surface area (TPSA) is 51.9 Å². The normalized spacial score (nSPS) is 11.1. The fourth-order valence-electron chi connectivity index (χ4n) is 3.15. The fraction of sp³-hybridized carbons (Fsp3) is 0.150. The molecule has 2 aromatic carbocycles. The van der Waals surface area contributed by atoms with Crippen LogP contribution in [0.2, 0.25) is 0 Å². The van der Waals surface area contributed by atoms with Gasteiger partial charge in [0.1, 0.15) is 16.1 Å². The first-order valence-electron chi connectivity index (χ1n) is 8.72.